The molecule has 1 N–H and O–H groups in total. The van der Waals surface area contributed by atoms with Crippen LogP contribution in [0.5, 0.6) is 5.75 Å². The predicted octanol–water partition coefficient (Wildman–Crippen LogP) is 3.39. The fraction of sp³-hybridized carbons (Fsp3) is 0.588. The van der Waals surface area contributed by atoms with Gasteiger partial charge in [0.25, 0.3) is 0 Å². The van der Waals surface area contributed by atoms with E-state index in [-0.39, 0.29) is 23.2 Å². The van der Waals surface area contributed by atoms with Gasteiger partial charge in [-0.05, 0) is 34.1 Å². The maximum atomic E-state index is 12.1. The lowest BCUT2D eigenvalue weighted by Gasteiger charge is -2.41. The third-order valence-corrected chi connectivity index (χ3v) is 3.92. The number of aromatic nitrogens is 1. The lowest BCUT2D eigenvalue weighted by atomic mass is 10.1. The molecule has 7 nitrogen and oxygen atoms in total. The third-order valence-electron chi connectivity index (χ3n) is 3.63. The number of hydrogen-bond donors (Lipinski definition) is 1. The number of rotatable bonds is 4. The first-order chi connectivity index (χ1) is 11.6. The van der Waals surface area contributed by atoms with Crippen LogP contribution in [-0.4, -0.2) is 46.7 Å². The average molecular weight is 370 g/mol. The maximum Gasteiger partial charge on any atom is 0.410 e. The average Bonchev–Trinajstić information content (AvgIpc) is 2.39. The molecule has 1 atom stereocenters. The van der Waals surface area contributed by atoms with Crippen LogP contribution < -0.4 is 10.1 Å². The van der Waals surface area contributed by atoms with E-state index >= 15 is 0 Å². The molecule has 8 heteroatoms. The van der Waals surface area contributed by atoms with Gasteiger partial charge >= 0.3 is 6.09 Å². The monoisotopic (exact) mass is 369 g/mol. The Kier molecular flexibility index (Phi) is 5.77. The summed E-state index contributed by atoms with van der Waals surface area (Å²) in [6.07, 6.45) is 0.509. The van der Waals surface area contributed by atoms with Crippen molar-refractivity contribution in [2.75, 3.05) is 18.5 Å². The minimum atomic E-state index is -0.526. The number of ether oxygens (including phenoxy) is 2. The van der Waals surface area contributed by atoms with E-state index < -0.39 is 5.60 Å². The largest absolute Gasteiger partial charge is 0.489 e. The number of hydrogen-bond acceptors (Lipinski definition) is 5. The summed E-state index contributed by atoms with van der Waals surface area (Å²) in [5, 5.41) is 2.82. The molecule has 0 aromatic carbocycles. The van der Waals surface area contributed by atoms with Gasteiger partial charge < -0.3 is 19.7 Å². The van der Waals surface area contributed by atoms with Crippen LogP contribution in [0.15, 0.2) is 6.07 Å². The molecular formula is C17H24ClN3O4. The number of carbonyl (C=O) groups is 2. The molecule has 0 saturated carbocycles. The highest BCUT2D eigenvalue weighted by atomic mass is 35.5. The second kappa shape index (κ2) is 7.47. The van der Waals surface area contributed by atoms with Crippen molar-refractivity contribution in [3.8, 4) is 5.75 Å². The van der Waals surface area contributed by atoms with Crippen LogP contribution in [0.2, 0.25) is 5.15 Å². The highest BCUT2D eigenvalue weighted by molar-refractivity contribution is 6.32. The molecule has 1 aromatic rings. The van der Waals surface area contributed by atoms with Crippen molar-refractivity contribution in [1.29, 1.82) is 0 Å². The molecule has 0 bridgehead atoms. The van der Waals surface area contributed by atoms with E-state index in [4.69, 9.17) is 21.1 Å². The van der Waals surface area contributed by atoms with Crippen molar-refractivity contribution in [3.63, 3.8) is 0 Å². The SMILES string of the molecule is CC(=O)Nc1cc(OC[C@@H]2CCN2C(=O)OC(C)(C)C)c(C)nc1Cl. The smallest absolute Gasteiger partial charge is 0.410 e. The van der Waals surface area contributed by atoms with Gasteiger partial charge in [-0.25, -0.2) is 9.78 Å². The zero-order chi connectivity index (χ0) is 18.8. The van der Waals surface area contributed by atoms with Gasteiger partial charge in [0, 0.05) is 19.5 Å². The van der Waals surface area contributed by atoms with Crippen molar-refractivity contribution >= 4 is 29.3 Å². The van der Waals surface area contributed by atoms with E-state index in [1.54, 1.807) is 17.9 Å². The molecule has 1 fully saturated rings. The maximum absolute atomic E-state index is 12.1. The van der Waals surface area contributed by atoms with Crippen LogP contribution in [0.1, 0.15) is 39.8 Å². The quantitative estimate of drug-likeness (QED) is 0.823. The molecule has 2 heterocycles. The zero-order valence-electron chi connectivity index (χ0n) is 15.2. The summed E-state index contributed by atoms with van der Waals surface area (Å²) in [6, 6.07) is 1.59. The van der Waals surface area contributed by atoms with E-state index in [0.717, 1.165) is 6.42 Å². The summed E-state index contributed by atoms with van der Waals surface area (Å²) in [5.41, 5.74) is 0.483. The lowest BCUT2D eigenvalue weighted by Crippen LogP contribution is -2.55. The highest BCUT2D eigenvalue weighted by Gasteiger charge is 2.35. The zero-order valence-corrected chi connectivity index (χ0v) is 15.9. The number of anilines is 1. The summed E-state index contributed by atoms with van der Waals surface area (Å²) >= 11 is 6.02. The van der Waals surface area contributed by atoms with Gasteiger partial charge in [-0.3, -0.25) is 4.79 Å². The molecule has 1 saturated heterocycles. The topological polar surface area (TPSA) is 80.8 Å². The van der Waals surface area contributed by atoms with Crippen molar-refractivity contribution < 1.29 is 19.1 Å². The van der Waals surface area contributed by atoms with Crippen LogP contribution in [0.25, 0.3) is 0 Å². The van der Waals surface area contributed by atoms with Gasteiger partial charge in [0.05, 0.1) is 17.4 Å². The van der Waals surface area contributed by atoms with Crippen molar-refractivity contribution in [1.82, 2.24) is 9.88 Å². The Labute approximate surface area is 152 Å². The Balaban J connectivity index is 1.99. The predicted molar refractivity (Wildman–Crippen MR) is 95.1 cm³/mol. The standard InChI is InChI=1S/C17H24ClN3O4/c1-10-14(8-13(15(18)19-10)20-11(2)22)24-9-12-6-7-21(12)16(23)25-17(3,4)5/h8,12H,6-7,9H2,1-5H3,(H,20,22)/t12-/m0/s1. The Morgan fingerprint density at radius 3 is 2.64 bits per heavy atom. The fourth-order valence-corrected chi connectivity index (χ4v) is 2.57. The molecule has 0 spiro atoms. The summed E-state index contributed by atoms with van der Waals surface area (Å²) in [6.45, 7) is 9.64. The number of aryl methyl sites for hydroxylation is 1. The third kappa shape index (κ3) is 5.22. The number of halogens is 1. The second-order valence-electron chi connectivity index (χ2n) is 7.02. The van der Waals surface area contributed by atoms with Gasteiger partial charge in [0.15, 0.2) is 5.15 Å². The first-order valence-electron chi connectivity index (χ1n) is 8.14. The molecule has 1 aromatic heterocycles. The van der Waals surface area contributed by atoms with Gasteiger partial charge in [0.2, 0.25) is 5.91 Å². The van der Waals surface area contributed by atoms with E-state index in [0.29, 0.717) is 30.3 Å². The number of pyridine rings is 1. The van der Waals surface area contributed by atoms with E-state index in [9.17, 15) is 9.59 Å². The first kappa shape index (κ1) is 19.3. The minimum Gasteiger partial charge on any atom is -0.489 e. The Bertz CT molecular complexity index is 673. The van der Waals surface area contributed by atoms with Crippen molar-refractivity contribution in [2.45, 2.75) is 52.7 Å². The first-order valence-corrected chi connectivity index (χ1v) is 8.52. The molecule has 1 aliphatic heterocycles. The molecule has 0 radical (unpaired) electrons. The van der Waals surface area contributed by atoms with Crippen LogP contribution >= 0.6 is 11.6 Å². The number of nitrogens with zero attached hydrogens (tertiary/aromatic N) is 2. The van der Waals surface area contributed by atoms with Gasteiger partial charge in [-0.2, -0.15) is 0 Å². The number of amides is 2. The summed E-state index contributed by atoms with van der Waals surface area (Å²) in [7, 11) is 0. The normalized spacial score (nSPS) is 16.9. The van der Waals surface area contributed by atoms with E-state index in [2.05, 4.69) is 10.3 Å². The molecule has 0 unspecified atom stereocenters. The second-order valence-corrected chi connectivity index (χ2v) is 7.38. The Morgan fingerprint density at radius 1 is 1.44 bits per heavy atom. The molecule has 25 heavy (non-hydrogen) atoms. The van der Waals surface area contributed by atoms with Crippen LogP contribution in [0, 0.1) is 6.92 Å². The molecule has 138 valence electrons. The number of carbonyl (C=O) groups excluding carboxylic acids is 2. The summed E-state index contributed by atoms with van der Waals surface area (Å²) < 4.78 is 11.2. The molecule has 0 aliphatic carbocycles. The van der Waals surface area contributed by atoms with Crippen molar-refractivity contribution in [2.24, 2.45) is 0 Å². The fourth-order valence-electron chi connectivity index (χ4n) is 2.34. The van der Waals surface area contributed by atoms with Crippen molar-refractivity contribution in [3.05, 3.63) is 16.9 Å². The van der Waals surface area contributed by atoms with Crippen LogP contribution in [0.4, 0.5) is 10.5 Å². The van der Waals surface area contributed by atoms with E-state index in [1.807, 2.05) is 20.8 Å². The van der Waals surface area contributed by atoms with Crippen LogP contribution in [-0.2, 0) is 9.53 Å². The summed E-state index contributed by atoms with van der Waals surface area (Å²) in [5.74, 6) is 0.276. The van der Waals surface area contributed by atoms with Gasteiger partial charge in [-0.1, -0.05) is 11.6 Å². The highest BCUT2D eigenvalue weighted by Crippen LogP contribution is 2.29. The van der Waals surface area contributed by atoms with Gasteiger partial charge in [0.1, 0.15) is 18.0 Å². The number of nitrogens with one attached hydrogen (secondary N) is 1. The minimum absolute atomic E-state index is 0.0471. The number of likely N-dealkylation sites (tertiary alicyclic amines) is 1. The molecule has 1 aliphatic rings. The summed E-state index contributed by atoms with van der Waals surface area (Å²) in [4.78, 5) is 29.2. The van der Waals surface area contributed by atoms with E-state index in [1.165, 1.54) is 6.92 Å². The Morgan fingerprint density at radius 2 is 2.12 bits per heavy atom. The molecular weight excluding hydrogens is 346 g/mol. The van der Waals surface area contributed by atoms with Crippen LogP contribution in [0.3, 0.4) is 0 Å². The Hall–Kier alpha value is -2.02. The lowest BCUT2D eigenvalue weighted by molar-refractivity contribution is -0.114. The van der Waals surface area contributed by atoms with Gasteiger partial charge in [-0.15, -0.1) is 0 Å². The molecule has 2 amide bonds. The molecule has 2 rings (SSSR count).